The second-order valence-corrected chi connectivity index (χ2v) is 6.60. The first-order valence-electron chi connectivity index (χ1n) is 9.47. The summed E-state index contributed by atoms with van der Waals surface area (Å²) in [6, 6.07) is 15.9. The van der Waals surface area contributed by atoms with Crippen LogP contribution in [0.5, 0.6) is 11.5 Å². The molecule has 0 fully saturated rings. The summed E-state index contributed by atoms with van der Waals surface area (Å²) in [4.78, 5) is 3.91. The number of hydrogen-bond donors (Lipinski definition) is 0. The Kier molecular flexibility index (Phi) is 6.84. The van der Waals surface area contributed by atoms with E-state index < -0.39 is 0 Å². The van der Waals surface area contributed by atoms with Gasteiger partial charge in [-0.25, -0.2) is 0 Å². The number of hydrogen-bond acceptors (Lipinski definition) is 6. The highest BCUT2D eigenvalue weighted by Gasteiger charge is 2.08. The lowest BCUT2D eigenvalue weighted by Crippen LogP contribution is -2.18. The second kappa shape index (κ2) is 9.73. The lowest BCUT2D eigenvalue weighted by Gasteiger charge is -2.20. The molecule has 0 aliphatic carbocycles. The summed E-state index contributed by atoms with van der Waals surface area (Å²) < 4.78 is 10.7. The van der Waals surface area contributed by atoms with Crippen LogP contribution in [-0.4, -0.2) is 48.0 Å². The summed E-state index contributed by atoms with van der Waals surface area (Å²) in [6.07, 6.45) is 3.20. The fourth-order valence-electron chi connectivity index (χ4n) is 3.01. The summed E-state index contributed by atoms with van der Waals surface area (Å²) in [5.74, 6) is 2.17. The fourth-order valence-corrected chi connectivity index (χ4v) is 3.01. The number of aryl methyl sites for hydroxylation is 1. The minimum absolute atomic E-state index is 0.675. The van der Waals surface area contributed by atoms with Crippen LogP contribution in [0.15, 0.2) is 48.5 Å². The minimum Gasteiger partial charge on any atom is -0.493 e. The third-order valence-electron chi connectivity index (χ3n) is 4.64. The minimum atomic E-state index is 0.675. The van der Waals surface area contributed by atoms with Crippen molar-refractivity contribution >= 4 is 5.69 Å². The van der Waals surface area contributed by atoms with Crippen molar-refractivity contribution in [2.45, 2.75) is 25.8 Å². The van der Waals surface area contributed by atoms with Gasteiger partial charge < -0.3 is 14.4 Å². The first kappa shape index (κ1) is 19.7. The third kappa shape index (κ3) is 5.00. The summed E-state index contributed by atoms with van der Waals surface area (Å²) >= 11 is 0. The molecular weight excluding hydrogens is 354 g/mol. The van der Waals surface area contributed by atoms with E-state index in [0.29, 0.717) is 5.82 Å². The Bertz CT molecular complexity index is 866. The molecule has 0 spiro atoms. The number of rotatable bonds is 10. The van der Waals surface area contributed by atoms with Gasteiger partial charge in [-0.1, -0.05) is 30.3 Å². The van der Waals surface area contributed by atoms with Gasteiger partial charge in [-0.2, -0.15) is 4.80 Å². The normalized spacial score (nSPS) is 10.7. The largest absolute Gasteiger partial charge is 0.493 e. The first-order valence-corrected chi connectivity index (χ1v) is 9.47. The molecule has 7 heteroatoms. The van der Waals surface area contributed by atoms with Gasteiger partial charge in [-0.05, 0) is 36.6 Å². The van der Waals surface area contributed by atoms with Gasteiger partial charge in [-0.3, -0.25) is 0 Å². The predicted molar refractivity (Wildman–Crippen MR) is 110 cm³/mol. The van der Waals surface area contributed by atoms with E-state index in [0.717, 1.165) is 55.1 Å². The zero-order chi connectivity index (χ0) is 19.8. The highest BCUT2D eigenvalue weighted by atomic mass is 16.5. The molecule has 1 aromatic heterocycles. The molecule has 0 N–H and O–H groups in total. The number of benzene rings is 2. The molecule has 0 unspecified atom stereocenters. The van der Waals surface area contributed by atoms with E-state index in [9.17, 15) is 0 Å². The number of anilines is 1. The lowest BCUT2D eigenvalue weighted by atomic mass is 10.2. The van der Waals surface area contributed by atoms with E-state index in [1.54, 1.807) is 19.0 Å². The van der Waals surface area contributed by atoms with E-state index in [1.165, 1.54) is 0 Å². The van der Waals surface area contributed by atoms with Crippen molar-refractivity contribution in [3.05, 3.63) is 48.5 Å². The lowest BCUT2D eigenvalue weighted by molar-refractivity contribution is 0.355. The van der Waals surface area contributed by atoms with Crippen molar-refractivity contribution in [3.63, 3.8) is 0 Å². The molecule has 2 aromatic carbocycles. The topological polar surface area (TPSA) is 65.3 Å². The quantitative estimate of drug-likeness (QED) is 0.499. The summed E-state index contributed by atoms with van der Waals surface area (Å²) in [7, 11) is 5.39. The number of ether oxygens (including phenoxy) is 2. The van der Waals surface area contributed by atoms with Crippen molar-refractivity contribution in [2.75, 3.05) is 32.7 Å². The highest BCUT2D eigenvalue weighted by Crippen LogP contribution is 2.31. The Labute approximate surface area is 165 Å². The highest BCUT2D eigenvalue weighted by molar-refractivity contribution is 5.56. The zero-order valence-electron chi connectivity index (χ0n) is 16.7. The number of aromatic nitrogens is 4. The molecule has 0 aliphatic heterocycles. The number of methoxy groups -OCH3 is 2. The molecule has 0 atom stereocenters. The standard InChI is InChI=1S/C21H27N5O2/c1-25(18-12-13-19(27-2)20(16-18)28-3)14-8-5-9-15-26-23-21(22-24-26)17-10-6-4-7-11-17/h4,6-7,10-13,16H,5,8-9,14-15H2,1-3H3. The monoisotopic (exact) mass is 381 g/mol. The SMILES string of the molecule is COc1ccc(N(C)CCCCCn2nnc(-c3ccccc3)n2)cc1OC. The molecule has 3 aromatic rings. The van der Waals surface area contributed by atoms with E-state index in [4.69, 9.17) is 9.47 Å². The molecule has 0 saturated carbocycles. The van der Waals surface area contributed by atoms with Gasteiger partial charge in [0.25, 0.3) is 0 Å². The summed E-state index contributed by atoms with van der Waals surface area (Å²) in [5, 5.41) is 12.7. The van der Waals surface area contributed by atoms with Gasteiger partial charge >= 0.3 is 0 Å². The maximum absolute atomic E-state index is 5.38. The van der Waals surface area contributed by atoms with Gasteiger partial charge in [0.2, 0.25) is 5.82 Å². The van der Waals surface area contributed by atoms with Crippen molar-refractivity contribution in [2.24, 2.45) is 0 Å². The van der Waals surface area contributed by atoms with Crippen LogP contribution < -0.4 is 14.4 Å². The van der Waals surface area contributed by atoms with E-state index in [1.807, 2.05) is 48.5 Å². The van der Waals surface area contributed by atoms with Crippen LogP contribution in [0.3, 0.4) is 0 Å². The summed E-state index contributed by atoms with van der Waals surface area (Å²) in [6.45, 7) is 1.75. The Hall–Kier alpha value is -3.09. The van der Waals surface area contributed by atoms with Crippen LogP contribution in [-0.2, 0) is 6.54 Å². The van der Waals surface area contributed by atoms with Gasteiger partial charge in [0.05, 0.1) is 20.8 Å². The molecule has 0 radical (unpaired) electrons. The van der Waals surface area contributed by atoms with Crippen LogP contribution in [0.1, 0.15) is 19.3 Å². The van der Waals surface area contributed by atoms with Crippen molar-refractivity contribution in [1.29, 1.82) is 0 Å². The Morgan fingerprint density at radius 1 is 0.929 bits per heavy atom. The molecule has 1 heterocycles. The first-order chi connectivity index (χ1) is 13.7. The van der Waals surface area contributed by atoms with Crippen LogP contribution in [0.25, 0.3) is 11.4 Å². The molecule has 0 bridgehead atoms. The zero-order valence-corrected chi connectivity index (χ0v) is 16.7. The smallest absolute Gasteiger partial charge is 0.204 e. The molecule has 0 saturated heterocycles. The average molecular weight is 381 g/mol. The predicted octanol–water partition coefficient (Wildman–Crippen LogP) is 3.66. The second-order valence-electron chi connectivity index (χ2n) is 6.60. The van der Waals surface area contributed by atoms with Gasteiger partial charge in [0.1, 0.15) is 0 Å². The van der Waals surface area contributed by atoms with Gasteiger partial charge in [0.15, 0.2) is 11.5 Å². The number of tetrazole rings is 1. The Balaban J connectivity index is 1.42. The van der Waals surface area contributed by atoms with Crippen LogP contribution in [0, 0.1) is 0 Å². The van der Waals surface area contributed by atoms with Gasteiger partial charge in [0, 0.05) is 30.9 Å². The molecule has 3 rings (SSSR count). The maximum Gasteiger partial charge on any atom is 0.204 e. The van der Waals surface area contributed by atoms with Crippen LogP contribution in [0.2, 0.25) is 0 Å². The third-order valence-corrected chi connectivity index (χ3v) is 4.64. The van der Waals surface area contributed by atoms with E-state index in [2.05, 4.69) is 27.4 Å². The molecule has 0 aliphatic rings. The molecule has 7 nitrogen and oxygen atoms in total. The average Bonchev–Trinajstić information content (AvgIpc) is 3.22. The molecule has 148 valence electrons. The Morgan fingerprint density at radius 2 is 1.71 bits per heavy atom. The molecule has 28 heavy (non-hydrogen) atoms. The summed E-state index contributed by atoms with van der Waals surface area (Å²) in [5.41, 5.74) is 2.10. The maximum atomic E-state index is 5.38. The Morgan fingerprint density at radius 3 is 2.46 bits per heavy atom. The van der Waals surface area contributed by atoms with Crippen LogP contribution >= 0.6 is 0 Å². The van der Waals surface area contributed by atoms with Crippen molar-refractivity contribution in [1.82, 2.24) is 20.2 Å². The van der Waals surface area contributed by atoms with E-state index >= 15 is 0 Å². The number of nitrogens with zero attached hydrogens (tertiary/aromatic N) is 5. The molecule has 0 amide bonds. The van der Waals surface area contributed by atoms with Crippen LogP contribution in [0.4, 0.5) is 5.69 Å². The van der Waals surface area contributed by atoms with Gasteiger partial charge in [-0.15, -0.1) is 10.2 Å². The fraction of sp³-hybridized carbons (Fsp3) is 0.381. The number of unbranched alkanes of at least 4 members (excludes halogenated alkanes) is 2. The van der Waals surface area contributed by atoms with Crippen molar-refractivity contribution in [3.8, 4) is 22.9 Å². The van der Waals surface area contributed by atoms with Crippen molar-refractivity contribution < 1.29 is 9.47 Å². The van der Waals surface area contributed by atoms with E-state index in [-0.39, 0.29) is 0 Å². The molecular formula is C21H27N5O2.